The molecule has 1 amide bonds. The van der Waals surface area contributed by atoms with Gasteiger partial charge in [0.25, 0.3) is 5.91 Å². The molecule has 0 spiro atoms. The zero-order chi connectivity index (χ0) is 25.1. The number of halogens is 4. The summed E-state index contributed by atoms with van der Waals surface area (Å²) in [5, 5.41) is 2.58. The average Bonchev–Trinajstić information content (AvgIpc) is 3.40. The number of carbonyl (C=O) groups is 1. The van der Waals surface area contributed by atoms with Crippen LogP contribution in [0.3, 0.4) is 0 Å². The van der Waals surface area contributed by atoms with Crippen LogP contribution in [0.5, 0.6) is 5.75 Å². The predicted molar refractivity (Wildman–Crippen MR) is 120 cm³/mol. The molecule has 4 aromatic rings. The first-order chi connectivity index (χ1) is 16.7. The first-order valence-electron chi connectivity index (χ1n) is 10.2. The van der Waals surface area contributed by atoms with E-state index in [2.05, 4.69) is 36.6 Å². The van der Waals surface area contributed by atoms with Gasteiger partial charge in [0.2, 0.25) is 5.95 Å². The SMILES string of the molecule is C=C/C(F)=C(\C)n1cc(Cc2nc3ncc(F)cc3[nH]2)nc1NC(=O)c1ccc(OC(F)F)cc1. The van der Waals surface area contributed by atoms with Crippen LogP contribution >= 0.6 is 0 Å². The van der Waals surface area contributed by atoms with Gasteiger partial charge < -0.3 is 9.72 Å². The Balaban J connectivity index is 1.62. The monoisotopic (exact) mass is 486 g/mol. The van der Waals surface area contributed by atoms with Crippen molar-refractivity contribution in [2.45, 2.75) is 20.0 Å². The topological polar surface area (TPSA) is 97.7 Å². The molecule has 0 saturated heterocycles. The summed E-state index contributed by atoms with van der Waals surface area (Å²) in [5.41, 5.74) is 1.39. The molecule has 1 aromatic carbocycles. The maximum atomic E-state index is 14.3. The molecule has 3 heterocycles. The van der Waals surface area contributed by atoms with Gasteiger partial charge >= 0.3 is 6.61 Å². The number of rotatable bonds is 8. The summed E-state index contributed by atoms with van der Waals surface area (Å²) in [4.78, 5) is 28.2. The first-order valence-corrected chi connectivity index (χ1v) is 10.2. The third kappa shape index (κ3) is 5.37. The lowest BCUT2D eigenvalue weighted by atomic mass is 10.2. The van der Waals surface area contributed by atoms with E-state index >= 15 is 0 Å². The van der Waals surface area contributed by atoms with Crippen molar-refractivity contribution < 1.29 is 27.1 Å². The van der Waals surface area contributed by atoms with Crippen molar-refractivity contribution >= 4 is 28.7 Å². The molecule has 0 bridgehead atoms. The number of nitrogens with one attached hydrogen (secondary N) is 2. The Bertz CT molecular complexity index is 1430. The fourth-order valence-corrected chi connectivity index (χ4v) is 3.26. The average molecular weight is 486 g/mol. The Labute approximate surface area is 196 Å². The fourth-order valence-electron chi connectivity index (χ4n) is 3.26. The molecule has 0 unspecified atom stereocenters. The smallest absolute Gasteiger partial charge is 0.387 e. The molecule has 3 aromatic heterocycles. The molecule has 0 atom stereocenters. The molecular weight excluding hydrogens is 468 g/mol. The van der Waals surface area contributed by atoms with Crippen molar-refractivity contribution in [2.75, 3.05) is 5.32 Å². The van der Waals surface area contributed by atoms with E-state index in [1.807, 2.05) is 0 Å². The number of carbonyl (C=O) groups excluding carboxylic acids is 1. The van der Waals surface area contributed by atoms with Gasteiger partial charge in [-0.2, -0.15) is 8.78 Å². The molecule has 180 valence electrons. The summed E-state index contributed by atoms with van der Waals surface area (Å²) in [7, 11) is 0. The van der Waals surface area contributed by atoms with Gasteiger partial charge in [0.15, 0.2) is 5.65 Å². The van der Waals surface area contributed by atoms with Crippen molar-refractivity contribution in [1.29, 1.82) is 0 Å². The summed E-state index contributed by atoms with van der Waals surface area (Å²) in [5.74, 6) is -1.43. The molecule has 0 aliphatic carbocycles. The molecule has 8 nitrogen and oxygen atoms in total. The van der Waals surface area contributed by atoms with Gasteiger partial charge in [0.05, 0.1) is 23.1 Å². The van der Waals surface area contributed by atoms with Crippen molar-refractivity contribution in [3.05, 3.63) is 84.1 Å². The second kappa shape index (κ2) is 9.79. The van der Waals surface area contributed by atoms with E-state index in [4.69, 9.17) is 0 Å². The Kier molecular flexibility index (Phi) is 6.62. The molecule has 0 saturated carbocycles. The lowest BCUT2D eigenvalue weighted by molar-refractivity contribution is -0.0498. The Morgan fingerprint density at radius 3 is 2.71 bits per heavy atom. The summed E-state index contributed by atoms with van der Waals surface area (Å²) in [6.45, 7) is 1.89. The lowest BCUT2D eigenvalue weighted by Gasteiger charge is -2.10. The van der Waals surface area contributed by atoms with E-state index in [0.29, 0.717) is 22.7 Å². The molecule has 0 aliphatic heterocycles. The van der Waals surface area contributed by atoms with Crippen molar-refractivity contribution in [3.8, 4) is 5.75 Å². The number of ether oxygens (including phenoxy) is 1. The highest BCUT2D eigenvalue weighted by Crippen LogP contribution is 2.23. The molecule has 0 radical (unpaired) electrons. The minimum Gasteiger partial charge on any atom is -0.435 e. The van der Waals surface area contributed by atoms with E-state index < -0.39 is 24.2 Å². The quantitative estimate of drug-likeness (QED) is 0.267. The largest absolute Gasteiger partial charge is 0.435 e. The number of aromatic amines is 1. The maximum Gasteiger partial charge on any atom is 0.387 e. The second-order valence-corrected chi connectivity index (χ2v) is 7.31. The van der Waals surface area contributed by atoms with Crippen LogP contribution in [0.25, 0.3) is 16.9 Å². The zero-order valence-corrected chi connectivity index (χ0v) is 18.2. The first kappa shape index (κ1) is 23.7. The molecule has 0 aliphatic rings. The number of anilines is 1. The van der Waals surface area contributed by atoms with Gasteiger partial charge in [0.1, 0.15) is 23.2 Å². The van der Waals surface area contributed by atoms with Crippen LogP contribution in [0.2, 0.25) is 0 Å². The molecule has 2 N–H and O–H groups in total. The molecule has 12 heteroatoms. The van der Waals surface area contributed by atoms with E-state index in [-0.39, 0.29) is 29.4 Å². The number of pyridine rings is 1. The van der Waals surface area contributed by atoms with Crippen LogP contribution in [0.15, 0.2) is 61.2 Å². The lowest BCUT2D eigenvalue weighted by Crippen LogP contribution is -2.15. The second-order valence-electron chi connectivity index (χ2n) is 7.31. The van der Waals surface area contributed by atoms with Gasteiger partial charge in [-0.25, -0.2) is 23.7 Å². The third-order valence-electron chi connectivity index (χ3n) is 4.91. The van der Waals surface area contributed by atoms with E-state index in [0.717, 1.165) is 12.3 Å². The summed E-state index contributed by atoms with van der Waals surface area (Å²) in [6.07, 6.45) is 3.72. The number of benzene rings is 1. The minimum atomic E-state index is -2.99. The van der Waals surface area contributed by atoms with Crippen LogP contribution in [-0.2, 0) is 6.42 Å². The Morgan fingerprint density at radius 2 is 2.03 bits per heavy atom. The summed E-state index contributed by atoms with van der Waals surface area (Å²) in [6, 6.07) is 6.30. The van der Waals surface area contributed by atoms with Gasteiger partial charge in [-0.1, -0.05) is 6.58 Å². The number of allylic oxidation sites excluding steroid dienone is 3. The number of H-pyrrole nitrogens is 1. The van der Waals surface area contributed by atoms with Gasteiger partial charge in [-0.05, 0) is 37.3 Å². The number of nitrogens with zero attached hydrogens (tertiary/aromatic N) is 4. The molecule has 4 rings (SSSR count). The van der Waals surface area contributed by atoms with Crippen LogP contribution in [0.1, 0.15) is 28.8 Å². The van der Waals surface area contributed by atoms with Crippen molar-refractivity contribution in [1.82, 2.24) is 24.5 Å². The molecular formula is C23H18F4N6O2. The highest BCUT2D eigenvalue weighted by molar-refractivity contribution is 6.03. The number of amides is 1. The van der Waals surface area contributed by atoms with Crippen LogP contribution in [0, 0.1) is 5.82 Å². The number of aromatic nitrogens is 5. The number of alkyl halides is 2. The number of hydrogen-bond donors (Lipinski definition) is 2. The summed E-state index contributed by atoms with van der Waals surface area (Å²) < 4.78 is 58.0. The Hall–Kier alpha value is -4.48. The van der Waals surface area contributed by atoms with Crippen LogP contribution in [-0.4, -0.2) is 37.0 Å². The standard InChI is InChI=1S/C23H18F4N6O2/c1-3-17(25)12(2)33-11-15(9-19-30-18-8-14(24)10-28-20(18)31-19)29-23(33)32-21(34)13-4-6-16(7-5-13)35-22(26)27/h3-8,10-11,22H,1,9H2,2H3,(H,28,30,31)(H,29,32,34)/b17-12-. The van der Waals surface area contributed by atoms with Crippen LogP contribution in [0.4, 0.5) is 23.5 Å². The van der Waals surface area contributed by atoms with Crippen molar-refractivity contribution in [3.63, 3.8) is 0 Å². The number of hydrogen-bond acceptors (Lipinski definition) is 5. The fraction of sp³-hybridized carbons (Fsp3) is 0.130. The number of fused-ring (bicyclic) bond motifs is 1. The van der Waals surface area contributed by atoms with Gasteiger partial charge in [-0.15, -0.1) is 0 Å². The normalized spacial score (nSPS) is 12.1. The zero-order valence-electron chi connectivity index (χ0n) is 18.2. The van der Waals surface area contributed by atoms with Gasteiger partial charge in [-0.3, -0.25) is 14.7 Å². The van der Waals surface area contributed by atoms with E-state index in [1.165, 1.54) is 48.0 Å². The highest BCUT2D eigenvalue weighted by Gasteiger charge is 2.17. The molecule has 35 heavy (non-hydrogen) atoms. The van der Waals surface area contributed by atoms with Crippen LogP contribution < -0.4 is 10.1 Å². The maximum absolute atomic E-state index is 14.3. The highest BCUT2D eigenvalue weighted by atomic mass is 19.3. The van der Waals surface area contributed by atoms with E-state index in [1.54, 1.807) is 0 Å². The number of imidazole rings is 2. The third-order valence-corrected chi connectivity index (χ3v) is 4.91. The minimum absolute atomic E-state index is 0.00712. The van der Waals surface area contributed by atoms with E-state index in [9.17, 15) is 22.4 Å². The van der Waals surface area contributed by atoms with Gasteiger partial charge in [0, 0.05) is 24.2 Å². The Morgan fingerprint density at radius 1 is 1.29 bits per heavy atom. The predicted octanol–water partition coefficient (Wildman–Crippen LogP) is 5.08. The summed E-state index contributed by atoms with van der Waals surface area (Å²) >= 11 is 0. The molecule has 0 fully saturated rings. The van der Waals surface area contributed by atoms with Crippen molar-refractivity contribution in [2.24, 2.45) is 0 Å².